The molecule has 1 unspecified atom stereocenters. The van der Waals surface area contributed by atoms with Crippen LogP contribution < -0.4 is 20.9 Å². The molecule has 0 aliphatic carbocycles. The third kappa shape index (κ3) is 7.57. The van der Waals surface area contributed by atoms with Gasteiger partial charge in [-0.1, -0.05) is 24.3 Å². The maximum Gasteiger partial charge on any atom is 0.262 e. The summed E-state index contributed by atoms with van der Waals surface area (Å²) in [6.07, 6.45) is 7.62. The number of benzene rings is 3. The summed E-state index contributed by atoms with van der Waals surface area (Å²) in [4.78, 5) is 68.9. The number of para-hydroxylation sites is 1. The fourth-order valence-corrected chi connectivity index (χ4v) is 10.3. The lowest BCUT2D eigenvalue weighted by Gasteiger charge is -2.42. The van der Waals surface area contributed by atoms with Crippen molar-refractivity contribution in [1.29, 1.82) is 0 Å². The predicted molar refractivity (Wildman–Crippen MR) is 237 cm³/mol. The van der Waals surface area contributed by atoms with Gasteiger partial charge in [0.1, 0.15) is 6.04 Å². The third-order valence-electron chi connectivity index (χ3n) is 13.8. The number of aryl methyl sites for hydroxylation is 3. The van der Waals surface area contributed by atoms with Gasteiger partial charge in [-0.2, -0.15) is 10.1 Å². The highest BCUT2D eigenvalue weighted by molar-refractivity contribution is 6.23. The number of carbonyl (C=O) groups is 4. The summed E-state index contributed by atoms with van der Waals surface area (Å²) >= 11 is 0. The molecule has 5 aromatic rings. The van der Waals surface area contributed by atoms with Gasteiger partial charge in [0.05, 0.1) is 16.5 Å². The van der Waals surface area contributed by atoms with Crippen molar-refractivity contribution in [2.75, 3.05) is 54.8 Å². The second kappa shape index (κ2) is 16.3. The molecule has 15 heteroatoms. The Kier molecular flexibility index (Phi) is 10.5. The van der Waals surface area contributed by atoms with E-state index in [0.717, 1.165) is 115 Å². The molecule has 15 nitrogen and oxygen atoms in total. The minimum atomic E-state index is -0.957. The number of piperidine rings is 3. The standard InChI is InChI=1S/C47H53N11O4/c1-28-5-4-6-29(2)41(28)51-42-38-25-48-47(52-43(38)54(3)53-42)49-33-8-7-31-15-22-57(27-32(31)23-33)34-16-18-55(19-17-34)26-30-13-20-56(21-14-30)35-9-10-36-37(24-35)46(62)58(45(36)61)39-11-12-40(59)50-44(39)60/h4-10,23-25,30,34,39H,11-22,26-27H2,1-3H3,(H,51,53)(H,48,49,52)(H,50,59,60). The number of fused-ring (bicyclic) bond motifs is 3. The Labute approximate surface area is 360 Å². The Hall–Kier alpha value is -6.19. The third-order valence-corrected chi connectivity index (χ3v) is 13.8. The molecule has 7 heterocycles. The molecule has 0 saturated carbocycles. The lowest BCUT2D eigenvalue weighted by molar-refractivity contribution is -0.136. The number of likely N-dealkylation sites (tertiary alicyclic amines) is 1. The molecule has 3 aromatic carbocycles. The molecule has 0 bridgehead atoms. The normalized spacial score (nSPS) is 20.5. The van der Waals surface area contributed by atoms with E-state index in [0.29, 0.717) is 29.0 Å². The summed E-state index contributed by atoms with van der Waals surface area (Å²) in [6.45, 7) is 11.3. The van der Waals surface area contributed by atoms with E-state index in [1.54, 1.807) is 10.7 Å². The van der Waals surface area contributed by atoms with Gasteiger partial charge in [0.25, 0.3) is 11.8 Å². The molecule has 10 rings (SSSR count). The van der Waals surface area contributed by atoms with Crippen molar-refractivity contribution < 1.29 is 19.2 Å². The van der Waals surface area contributed by atoms with Crippen LogP contribution >= 0.6 is 0 Å². The zero-order valence-electron chi connectivity index (χ0n) is 35.6. The molecule has 320 valence electrons. The van der Waals surface area contributed by atoms with Gasteiger partial charge in [0.2, 0.25) is 17.8 Å². The SMILES string of the molecule is Cc1cccc(C)c1Nc1nn(C)c2nc(Nc3ccc4c(c3)CN(C3CCN(CC5CCN(c6ccc7c(c6)C(=O)N(C6CCC(=O)NC6=O)C7=O)CC5)CC3)CC4)ncc12. The van der Waals surface area contributed by atoms with Crippen molar-refractivity contribution in [3.63, 3.8) is 0 Å². The van der Waals surface area contributed by atoms with Crippen LogP contribution in [0.15, 0.2) is 60.8 Å². The van der Waals surface area contributed by atoms with Gasteiger partial charge in [-0.3, -0.25) is 34.3 Å². The van der Waals surface area contributed by atoms with E-state index >= 15 is 0 Å². The summed E-state index contributed by atoms with van der Waals surface area (Å²) < 4.78 is 1.80. The molecule has 4 amide bonds. The second-order valence-corrected chi connectivity index (χ2v) is 17.8. The van der Waals surface area contributed by atoms with Crippen molar-refractivity contribution in [2.24, 2.45) is 13.0 Å². The Morgan fingerprint density at radius 3 is 2.34 bits per heavy atom. The molecule has 5 aliphatic heterocycles. The molecule has 3 fully saturated rings. The number of carbonyl (C=O) groups excluding carboxylic acids is 4. The highest BCUT2D eigenvalue weighted by Gasteiger charge is 2.45. The first-order valence-corrected chi connectivity index (χ1v) is 22.0. The number of rotatable bonds is 9. The van der Waals surface area contributed by atoms with E-state index in [-0.39, 0.29) is 18.7 Å². The highest BCUT2D eigenvalue weighted by atomic mass is 16.2. The number of nitrogens with one attached hydrogen (secondary N) is 3. The quantitative estimate of drug-likeness (QED) is 0.158. The summed E-state index contributed by atoms with van der Waals surface area (Å²) in [7, 11) is 1.91. The number of imide groups is 2. The van der Waals surface area contributed by atoms with Gasteiger partial charge in [-0.05, 0) is 124 Å². The molecule has 5 aliphatic rings. The van der Waals surface area contributed by atoms with Gasteiger partial charge in [-0.25, -0.2) is 9.67 Å². The largest absolute Gasteiger partial charge is 0.371 e. The molecule has 3 N–H and O–H groups in total. The van der Waals surface area contributed by atoms with E-state index in [4.69, 9.17) is 15.1 Å². The number of hydrogen-bond acceptors (Lipinski definition) is 12. The Bertz CT molecular complexity index is 2590. The zero-order chi connectivity index (χ0) is 42.6. The van der Waals surface area contributed by atoms with Gasteiger partial charge in [0.15, 0.2) is 11.5 Å². The first-order valence-electron chi connectivity index (χ1n) is 22.0. The molecule has 0 spiro atoms. The van der Waals surface area contributed by atoms with Crippen molar-refractivity contribution in [2.45, 2.75) is 77.4 Å². The number of amides is 4. The fraction of sp³-hybridized carbons (Fsp3) is 0.426. The Morgan fingerprint density at radius 2 is 1.56 bits per heavy atom. The Morgan fingerprint density at radius 1 is 0.790 bits per heavy atom. The lowest BCUT2D eigenvalue weighted by Crippen LogP contribution is -2.54. The van der Waals surface area contributed by atoms with Crippen LogP contribution in [-0.4, -0.2) is 109 Å². The number of hydrogen-bond donors (Lipinski definition) is 3. The van der Waals surface area contributed by atoms with E-state index in [1.807, 2.05) is 25.4 Å². The smallest absolute Gasteiger partial charge is 0.262 e. The fourth-order valence-electron chi connectivity index (χ4n) is 10.3. The van der Waals surface area contributed by atoms with Gasteiger partial charge in [-0.15, -0.1) is 0 Å². The van der Waals surface area contributed by atoms with Crippen molar-refractivity contribution in [1.82, 2.24) is 39.8 Å². The van der Waals surface area contributed by atoms with Gasteiger partial charge in [0, 0.05) is 75.5 Å². The average Bonchev–Trinajstić information content (AvgIpc) is 3.72. The number of anilines is 5. The summed E-state index contributed by atoms with van der Waals surface area (Å²) in [5, 5.41) is 14.8. The van der Waals surface area contributed by atoms with E-state index < -0.39 is 23.8 Å². The van der Waals surface area contributed by atoms with Gasteiger partial charge >= 0.3 is 0 Å². The molecular weight excluding hydrogens is 783 g/mol. The van der Waals surface area contributed by atoms with Crippen LogP contribution in [0, 0.1) is 19.8 Å². The molecule has 0 radical (unpaired) electrons. The lowest BCUT2D eigenvalue weighted by atomic mass is 9.92. The monoisotopic (exact) mass is 835 g/mol. The highest BCUT2D eigenvalue weighted by Crippen LogP contribution is 2.34. The average molecular weight is 836 g/mol. The molecule has 1 atom stereocenters. The van der Waals surface area contributed by atoms with Crippen molar-refractivity contribution in [3.8, 4) is 0 Å². The van der Waals surface area contributed by atoms with Crippen molar-refractivity contribution >= 4 is 63.5 Å². The van der Waals surface area contributed by atoms with Crippen LogP contribution in [0.25, 0.3) is 11.0 Å². The van der Waals surface area contributed by atoms with Gasteiger partial charge < -0.3 is 20.4 Å². The maximum absolute atomic E-state index is 13.4. The summed E-state index contributed by atoms with van der Waals surface area (Å²) in [6, 6.07) is 17.9. The molecule has 3 saturated heterocycles. The first-order chi connectivity index (χ1) is 30.1. The minimum absolute atomic E-state index is 0.105. The van der Waals surface area contributed by atoms with Crippen LogP contribution in [0.3, 0.4) is 0 Å². The van der Waals surface area contributed by atoms with Crippen LogP contribution in [0.4, 0.5) is 28.8 Å². The first kappa shape index (κ1) is 39.9. The molecular formula is C47H53N11O4. The van der Waals surface area contributed by atoms with Crippen LogP contribution in [0.5, 0.6) is 0 Å². The molecule has 62 heavy (non-hydrogen) atoms. The second-order valence-electron chi connectivity index (χ2n) is 17.8. The minimum Gasteiger partial charge on any atom is -0.371 e. The van der Waals surface area contributed by atoms with E-state index in [1.165, 1.54) is 24.0 Å². The number of aromatic nitrogens is 4. The zero-order valence-corrected chi connectivity index (χ0v) is 35.6. The van der Waals surface area contributed by atoms with E-state index in [2.05, 4.69) is 80.9 Å². The summed E-state index contributed by atoms with van der Waals surface area (Å²) in [5.41, 5.74) is 9.47. The predicted octanol–water partition coefficient (Wildman–Crippen LogP) is 5.61. The topological polar surface area (TPSA) is 161 Å². The van der Waals surface area contributed by atoms with Crippen molar-refractivity contribution in [3.05, 3.63) is 94.2 Å². The molecule has 2 aromatic heterocycles. The summed E-state index contributed by atoms with van der Waals surface area (Å²) in [5.74, 6) is -0.00359. The van der Waals surface area contributed by atoms with Crippen LogP contribution in [0.1, 0.15) is 81.5 Å². The van der Waals surface area contributed by atoms with Crippen LogP contribution in [0.2, 0.25) is 0 Å². The Balaban J connectivity index is 0.705. The number of nitrogens with zero attached hydrogens (tertiary/aromatic N) is 8. The van der Waals surface area contributed by atoms with E-state index in [9.17, 15) is 19.2 Å². The maximum atomic E-state index is 13.4. The van der Waals surface area contributed by atoms with Crippen LogP contribution in [-0.2, 0) is 29.6 Å².